The Hall–Kier alpha value is -2.58. The first kappa shape index (κ1) is 22.7. The predicted molar refractivity (Wildman–Crippen MR) is 112 cm³/mol. The summed E-state index contributed by atoms with van der Waals surface area (Å²) in [5.74, 6) is 0.605. The molecule has 0 aromatic heterocycles. The summed E-state index contributed by atoms with van der Waals surface area (Å²) in [6, 6.07) is 11.9. The lowest BCUT2D eigenvalue weighted by Gasteiger charge is -2.12. The molecule has 7 nitrogen and oxygen atoms in total. The maximum absolute atomic E-state index is 12.6. The number of rotatable bonds is 11. The van der Waals surface area contributed by atoms with Gasteiger partial charge >= 0.3 is 0 Å². The summed E-state index contributed by atoms with van der Waals surface area (Å²) in [6.45, 7) is 4.61. The van der Waals surface area contributed by atoms with Gasteiger partial charge in [0, 0.05) is 13.1 Å². The summed E-state index contributed by atoms with van der Waals surface area (Å²) in [5, 5.41) is 2.64. The number of hydrogen-bond acceptors (Lipinski definition) is 5. The zero-order chi connectivity index (χ0) is 21.3. The summed E-state index contributed by atoms with van der Waals surface area (Å²) in [6.07, 6.45) is 2.09. The molecule has 0 unspecified atom stereocenters. The molecule has 158 valence electrons. The van der Waals surface area contributed by atoms with Crippen LogP contribution in [-0.4, -0.2) is 41.1 Å². The highest BCUT2D eigenvalue weighted by atomic mass is 32.2. The van der Waals surface area contributed by atoms with Crippen molar-refractivity contribution in [2.24, 2.45) is 0 Å². The van der Waals surface area contributed by atoms with Gasteiger partial charge in [-0.15, -0.1) is 0 Å². The Bertz CT molecular complexity index is 911. The molecule has 0 heterocycles. The molecule has 8 heteroatoms. The van der Waals surface area contributed by atoms with Gasteiger partial charge < -0.3 is 14.8 Å². The van der Waals surface area contributed by atoms with E-state index < -0.39 is 15.9 Å². The van der Waals surface area contributed by atoms with Crippen molar-refractivity contribution < 1.29 is 22.7 Å². The van der Waals surface area contributed by atoms with Crippen molar-refractivity contribution in [1.82, 2.24) is 10.0 Å². The zero-order valence-corrected chi connectivity index (χ0v) is 17.8. The number of sulfonamides is 1. The maximum atomic E-state index is 12.6. The van der Waals surface area contributed by atoms with Crippen LogP contribution in [0.3, 0.4) is 0 Å². The minimum atomic E-state index is -3.79. The molecular formula is C21H28N2O5S. The van der Waals surface area contributed by atoms with E-state index in [9.17, 15) is 13.2 Å². The number of benzene rings is 2. The third-order valence-electron chi connectivity index (χ3n) is 4.19. The van der Waals surface area contributed by atoms with E-state index in [0.29, 0.717) is 18.0 Å². The van der Waals surface area contributed by atoms with E-state index in [1.807, 2.05) is 24.3 Å². The van der Waals surface area contributed by atoms with Gasteiger partial charge in [-0.1, -0.05) is 25.5 Å². The highest BCUT2D eigenvalue weighted by Gasteiger charge is 2.19. The highest BCUT2D eigenvalue weighted by molar-refractivity contribution is 7.89. The first-order valence-electron chi connectivity index (χ1n) is 9.59. The van der Waals surface area contributed by atoms with Gasteiger partial charge in [-0.05, 0) is 49.2 Å². The van der Waals surface area contributed by atoms with Gasteiger partial charge in [-0.2, -0.15) is 0 Å². The van der Waals surface area contributed by atoms with Crippen LogP contribution in [-0.2, 0) is 16.4 Å². The average molecular weight is 421 g/mol. The normalized spacial score (nSPS) is 11.1. The third-order valence-corrected chi connectivity index (χ3v) is 5.65. The molecule has 1 amide bonds. The lowest BCUT2D eigenvalue weighted by molar-refractivity contribution is 0.0952. The molecule has 0 aliphatic rings. The number of aryl methyl sites for hydroxylation is 1. The van der Waals surface area contributed by atoms with Gasteiger partial charge in [0.1, 0.15) is 18.1 Å². The van der Waals surface area contributed by atoms with E-state index in [-0.39, 0.29) is 23.6 Å². The molecule has 2 N–H and O–H groups in total. The van der Waals surface area contributed by atoms with Gasteiger partial charge in [0.25, 0.3) is 5.91 Å². The Kier molecular flexibility index (Phi) is 8.48. The minimum Gasteiger partial charge on any atom is -0.496 e. The van der Waals surface area contributed by atoms with Gasteiger partial charge in [-0.25, -0.2) is 13.1 Å². The topological polar surface area (TPSA) is 93.7 Å². The summed E-state index contributed by atoms with van der Waals surface area (Å²) < 4.78 is 38.3. The number of amides is 1. The fraction of sp³-hybridized carbons (Fsp3) is 0.381. The lowest BCUT2D eigenvalue weighted by Crippen LogP contribution is -2.29. The van der Waals surface area contributed by atoms with Gasteiger partial charge in [-0.3, -0.25) is 4.79 Å². The largest absolute Gasteiger partial charge is 0.496 e. The summed E-state index contributed by atoms with van der Waals surface area (Å²) in [7, 11) is -2.36. The molecular weight excluding hydrogens is 392 g/mol. The quantitative estimate of drug-likeness (QED) is 0.545. The second kappa shape index (κ2) is 10.8. The van der Waals surface area contributed by atoms with Crippen molar-refractivity contribution in [3.05, 3.63) is 53.6 Å². The Labute approximate surface area is 172 Å². The van der Waals surface area contributed by atoms with E-state index in [2.05, 4.69) is 17.0 Å². The fourth-order valence-electron chi connectivity index (χ4n) is 2.76. The van der Waals surface area contributed by atoms with Crippen LogP contribution in [0.5, 0.6) is 11.5 Å². The summed E-state index contributed by atoms with van der Waals surface area (Å²) in [4.78, 5) is 12.1. The smallest absolute Gasteiger partial charge is 0.255 e. The molecule has 2 aromatic carbocycles. The lowest BCUT2D eigenvalue weighted by atomic mass is 10.1. The van der Waals surface area contributed by atoms with Crippen LogP contribution >= 0.6 is 0 Å². The number of methoxy groups -OCH3 is 1. The van der Waals surface area contributed by atoms with Crippen molar-refractivity contribution in [3.63, 3.8) is 0 Å². The Morgan fingerprint density at radius 2 is 1.79 bits per heavy atom. The van der Waals surface area contributed by atoms with Crippen molar-refractivity contribution in [3.8, 4) is 11.5 Å². The standard InChI is InChI=1S/C21H28N2O5S/c1-4-6-16-7-9-17(10-8-16)28-14-13-23-29(25,26)18-11-12-20(27-3)19(15-18)21(24)22-5-2/h7-12,15,23H,4-6,13-14H2,1-3H3,(H,22,24). The van der Waals surface area contributed by atoms with Crippen LogP contribution < -0.4 is 19.5 Å². The maximum Gasteiger partial charge on any atom is 0.255 e. The summed E-state index contributed by atoms with van der Waals surface area (Å²) >= 11 is 0. The average Bonchev–Trinajstić information content (AvgIpc) is 2.72. The van der Waals surface area contributed by atoms with Crippen molar-refractivity contribution in [2.75, 3.05) is 26.8 Å². The molecule has 2 rings (SSSR count). The van der Waals surface area contributed by atoms with Gasteiger partial charge in [0.15, 0.2) is 0 Å². The molecule has 0 aliphatic heterocycles. The summed E-state index contributed by atoms with van der Waals surface area (Å²) in [5.41, 5.74) is 1.41. The van der Waals surface area contributed by atoms with Crippen LogP contribution in [0.4, 0.5) is 0 Å². The Morgan fingerprint density at radius 1 is 1.07 bits per heavy atom. The predicted octanol–water partition coefficient (Wildman–Crippen LogP) is 2.75. The minimum absolute atomic E-state index is 0.0107. The number of ether oxygens (including phenoxy) is 2. The second-order valence-corrected chi connectivity index (χ2v) is 8.13. The second-order valence-electron chi connectivity index (χ2n) is 6.36. The molecule has 0 bridgehead atoms. The number of nitrogens with one attached hydrogen (secondary N) is 2. The molecule has 0 fully saturated rings. The van der Waals surface area contributed by atoms with Crippen molar-refractivity contribution >= 4 is 15.9 Å². The molecule has 0 saturated heterocycles. The van der Waals surface area contributed by atoms with E-state index >= 15 is 0 Å². The number of carbonyl (C=O) groups excluding carboxylic acids is 1. The van der Waals surface area contributed by atoms with Gasteiger partial charge in [0.05, 0.1) is 17.6 Å². The highest BCUT2D eigenvalue weighted by Crippen LogP contribution is 2.22. The number of hydrogen-bond donors (Lipinski definition) is 2. The van der Waals surface area contributed by atoms with Crippen molar-refractivity contribution in [2.45, 2.75) is 31.6 Å². The molecule has 0 radical (unpaired) electrons. The SMILES string of the molecule is CCCc1ccc(OCCNS(=O)(=O)c2ccc(OC)c(C(=O)NCC)c2)cc1. The molecule has 0 aliphatic carbocycles. The zero-order valence-electron chi connectivity index (χ0n) is 17.0. The Morgan fingerprint density at radius 3 is 2.41 bits per heavy atom. The van der Waals surface area contributed by atoms with Crippen molar-refractivity contribution in [1.29, 1.82) is 0 Å². The van der Waals surface area contributed by atoms with Crippen LogP contribution in [0.1, 0.15) is 36.2 Å². The first-order chi connectivity index (χ1) is 13.9. The van der Waals surface area contributed by atoms with Crippen LogP contribution in [0.25, 0.3) is 0 Å². The van der Waals surface area contributed by atoms with E-state index in [1.165, 1.54) is 30.9 Å². The van der Waals surface area contributed by atoms with Crippen LogP contribution in [0.2, 0.25) is 0 Å². The first-order valence-corrected chi connectivity index (χ1v) is 11.1. The molecule has 0 atom stereocenters. The van der Waals surface area contributed by atoms with E-state index in [4.69, 9.17) is 9.47 Å². The molecule has 2 aromatic rings. The monoisotopic (exact) mass is 420 g/mol. The van der Waals surface area contributed by atoms with Gasteiger partial charge in [0.2, 0.25) is 10.0 Å². The van der Waals surface area contributed by atoms with Crippen LogP contribution in [0, 0.1) is 0 Å². The molecule has 29 heavy (non-hydrogen) atoms. The van der Waals surface area contributed by atoms with Crippen LogP contribution in [0.15, 0.2) is 47.4 Å². The Balaban J connectivity index is 1.98. The molecule has 0 saturated carbocycles. The third kappa shape index (κ3) is 6.47. The van der Waals surface area contributed by atoms with E-state index in [0.717, 1.165) is 12.8 Å². The number of carbonyl (C=O) groups is 1. The fourth-order valence-corrected chi connectivity index (χ4v) is 3.80. The van der Waals surface area contributed by atoms with E-state index in [1.54, 1.807) is 6.92 Å². The molecule has 0 spiro atoms.